The minimum absolute atomic E-state index is 0.0737. The fourth-order valence-corrected chi connectivity index (χ4v) is 4.18. The Morgan fingerprint density at radius 2 is 1.50 bits per heavy atom. The van der Waals surface area contributed by atoms with Crippen molar-refractivity contribution < 1.29 is 14.3 Å². The number of hydrogen-bond donors (Lipinski definition) is 0. The van der Waals surface area contributed by atoms with Gasteiger partial charge in [0.05, 0.1) is 13.0 Å². The third kappa shape index (κ3) is 7.46. The van der Waals surface area contributed by atoms with Crippen molar-refractivity contribution in [2.75, 3.05) is 6.61 Å². The average Bonchev–Trinajstić information content (AvgIpc) is 2.81. The van der Waals surface area contributed by atoms with Crippen LogP contribution in [0.2, 0.25) is 0 Å². The van der Waals surface area contributed by atoms with E-state index < -0.39 is 5.60 Å². The molecule has 0 unspecified atom stereocenters. The fourth-order valence-electron chi connectivity index (χ4n) is 4.18. The van der Waals surface area contributed by atoms with Gasteiger partial charge in [-0.25, -0.2) is 0 Å². The summed E-state index contributed by atoms with van der Waals surface area (Å²) in [4.78, 5) is 15.5. The lowest BCUT2D eigenvalue weighted by atomic mass is 9.96. The zero-order chi connectivity index (χ0) is 24.6. The van der Waals surface area contributed by atoms with Crippen LogP contribution in [-0.4, -0.2) is 23.1 Å². The summed E-state index contributed by atoms with van der Waals surface area (Å²) in [5, 5.41) is 0. The Kier molecular flexibility index (Phi) is 8.89. The van der Waals surface area contributed by atoms with E-state index in [9.17, 15) is 4.79 Å². The second-order valence-electron chi connectivity index (χ2n) is 9.56. The summed E-state index contributed by atoms with van der Waals surface area (Å²) in [5.41, 5.74) is 2.90. The highest BCUT2D eigenvalue weighted by molar-refractivity contribution is 5.71. The van der Waals surface area contributed by atoms with E-state index in [1.54, 1.807) is 0 Å². The molecule has 0 spiro atoms. The molecule has 0 heterocycles. The Morgan fingerprint density at radius 1 is 0.882 bits per heavy atom. The zero-order valence-corrected chi connectivity index (χ0v) is 21.0. The Bertz CT molecular complexity index is 1030. The summed E-state index contributed by atoms with van der Waals surface area (Å²) in [6, 6.07) is 28.8. The molecule has 34 heavy (non-hydrogen) atoms. The highest BCUT2D eigenvalue weighted by Gasteiger charge is 2.30. The first-order valence-electron chi connectivity index (χ1n) is 12.1. The summed E-state index contributed by atoms with van der Waals surface area (Å²) in [7, 11) is 0. The normalized spacial score (nSPS) is 13.4. The van der Waals surface area contributed by atoms with Crippen LogP contribution in [0.4, 0.5) is 0 Å². The Balaban J connectivity index is 2.05. The van der Waals surface area contributed by atoms with Gasteiger partial charge in [-0.3, -0.25) is 9.69 Å². The standard InChI is InChI=1S/C30H37NO3/c1-6-33-27-19-13-18-26(20-27)28(21-29(32)34-30(3,4)5)31(22-24-14-9-7-10-15-24)23(2)25-16-11-8-12-17-25/h7-20,23,28H,6,21-22H2,1-5H3/t23-,28+/m1/s1. The monoisotopic (exact) mass is 459 g/mol. The molecule has 0 bridgehead atoms. The zero-order valence-electron chi connectivity index (χ0n) is 21.0. The SMILES string of the molecule is CCOc1cccc([C@H](CC(=O)OC(C)(C)C)N(Cc2ccccc2)[C@H](C)c2ccccc2)c1. The molecule has 3 aromatic rings. The largest absolute Gasteiger partial charge is 0.494 e. The first-order chi connectivity index (χ1) is 16.3. The number of carbonyl (C=O) groups excluding carboxylic acids is 1. The second-order valence-corrected chi connectivity index (χ2v) is 9.56. The molecule has 3 rings (SSSR count). The molecule has 2 atom stereocenters. The van der Waals surface area contributed by atoms with Crippen molar-refractivity contribution in [1.82, 2.24) is 4.90 Å². The maximum Gasteiger partial charge on any atom is 0.308 e. The summed E-state index contributed by atoms with van der Waals surface area (Å²) in [6.07, 6.45) is 0.247. The molecule has 0 amide bonds. The van der Waals surface area contributed by atoms with Crippen molar-refractivity contribution in [2.24, 2.45) is 0 Å². The number of hydrogen-bond acceptors (Lipinski definition) is 4. The van der Waals surface area contributed by atoms with E-state index in [0.29, 0.717) is 13.2 Å². The predicted molar refractivity (Wildman–Crippen MR) is 138 cm³/mol. The van der Waals surface area contributed by atoms with Gasteiger partial charge in [-0.2, -0.15) is 0 Å². The molecule has 4 nitrogen and oxygen atoms in total. The summed E-state index contributed by atoms with van der Waals surface area (Å²) in [5.74, 6) is 0.596. The smallest absolute Gasteiger partial charge is 0.308 e. The van der Waals surface area contributed by atoms with Crippen molar-refractivity contribution in [3.63, 3.8) is 0 Å². The number of carbonyl (C=O) groups is 1. The molecule has 0 aliphatic carbocycles. The van der Waals surface area contributed by atoms with Crippen LogP contribution in [0.15, 0.2) is 84.9 Å². The number of rotatable bonds is 10. The van der Waals surface area contributed by atoms with Crippen molar-refractivity contribution in [3.8, 4) is 5.75 Å². The summed E-state index contributed by atoms with van der Waals surface area (Å²) in [6.45, 7) is 11.2. The third-order valence-electron chi connectivity index (χ3n) is 5.72. The highest BCUT2D eigenvalue weighted by Crippen LogP contribution is 2.36. The van der Waals surface area contributed by atoms with E-state index >= 15 is 0 Å². The first-order valence-corrected chi connectivity index (χ1v) is 12.1. The second kappa shape index (κ2) is 11.8. The van der Waals surface area contributed by atoms with Gasteiger partial charge < -0.3 is 9.47 Å². The van der Waals surface area contributed by atoms with E-state index in [0.717, 1.165) is 11.3 Å². The van der Waals surface area contributed by atoms with Crippen LogP contribution in [0.25, 0.3) is 0 Å². The van der Waals surface area contributed by atoms with Gasteiger partial charge in [0, 0.05) is 18.6 Å². The van der Waals surface area contributed by atoms with Crippen LogP contribution in [0, 0.1) is 0 Å². The topological polar surface area (TPSA) is 38.8 Å². The van der Waals surface area contributed by atoms with Gasteiger partial charge in [0.1, 0.15) is 11.4 Å². The summed E-state index contributed by atoms with van der Waals surface area (Å²) < 4.78 is 11.5. The average molecular weight is 460 g/mol. The Morgan fingerprint density at radius 3 is 2.12 bits per heavy atom. The van der Waals surface area contributed by atoms with Crippen LogP contribution in [0.1, 0.15) is 69.8 Å². The number of esters is 1. The van der Waals surface area contributed by atoms with Crippen LogP contribution in [-0.2, 0) is 16.1 Å². The summed E-state index contributed by atoms with van der Waals surface area (Å²) >= 11 is 0. The lowest BCUT2D eigenvalue weighted by Crippen LogP contribution is -2.34. The molecule has 0 aliphatic rings. The van der Waals surface area contributed by atoms with Gasteiger partial charge in [0.15, 0.2) is 0 Å². The third-order valence-corrected chi connectivity index (χ3v) is 5.72. The molecule has 0 N–H and O–H groups in total. The fraction of sp³-hybridized carbons (Fsp3) is 0.367. The van der Waals surface area contributed by atoms with Gasteiger partial charge >= 0.3 is 5.97 Å². The highest BCUT2D eigenvalue weighted by atomic mass is 16.6. The van der Waals surface area contributed by atoms with E-state index in [4.69, 9.17) is 9.47 Å². The number of nitrogens with zero attached hydrogens (tertiary/aromatic N) is 1. The van der Waals surface area contributed by atoms with Gasteiger partial charge in [0.2, 0.25) is 0 Å². The molecule has 0 fully saturated rings. The molecule has 0 aromatic heterocycles. The number of ether oxygens (including phenoxy) is 2. The van der Waals surface area contributed by atoms with Gasteiger partial charge in [-0.15, -0.1) is 0 Å². The molecule has 0 saturated heterocycles. The minimum atomic E-state index is -0.538. The molecule has 3 aromatic carbocycles. The van der Waals surface area contributed by atoms with Crippen LogP contribution < -0.4 is 4.74 Å². The van der Waals surface area contributed by atoms with Gasteiger partial charge in [-0.1, -0.05) is 72.8 Å². The molecule has 180 valence electrons. The van der Waals surface area contributed by atoms with Crippen molar-refractivity contribution in [2.45, 2.75) is 65.3 Å². The minimum Gasteiger partial charge on any atom is -0.494 e. The maximum atomic E-state index is 13.1. The van der Waals surface area contributed by atoms with Gasteiger partial charge in [0.25, 0.3) is 0 Å². The van der Waals surface area contributed by atoms with Crippen molar-refractivity contribution in [1.29, 1.82) is 0 Å². The maximum absolute atomic E-state index is 13.1. The Hall–Kier alpha value is -3.11. The van der Waals surface area contributed by atoms with Gasteiger partial charge in [-0.05, 0) is 63.4 Å². The van der Waals surface area contributed by atoms with Crippen LogP contribution >= 0.6 is 0 Å². The van der Waals surface area contributed by atoms with Crippen molar-refractivity contribution >= 4 is 5.97 Å². The lowest BCUT2D eigenvalue weighted by Gasteiger charge is -2.37. The lowest BCUT2D eigenvalue weighted by molar-refractivity contribution is -0.156. The van der Waals surface area contributed by atoms with Crippen LogP contribution in [0.3, 0.4) is 0 Å². The van der Waals surface area contributed by atoms with E-state index in [2.05, 4.69) is 66.4 Å². The first kappa shape index (κ1) is 25.5. The van der Waals surface area contributed by atoms with Crippen LogP contribution in [0.5, 0.6) is 5.75 Å². The molecule has 0 radical (unpaired) electrons. The van der Waals surface area contributed by atoms with Crippen molar-refractivity contribution in [3.05, 3.63) is 102 Å². The van der Waals surface area contributed by atoms with E-state index in [1.807, 2.05) is 58.0 Å². The predicted octanol–water partition coefficient (Wildman–Crippen LogP) is 7.12. The molecular formula is C30H37NO3. The molecule has 4 heteroatoms. The molecule has 0 saturated carbocycles. The van der Waals surface area contributed by atoms with E-state index in [1.165, 1.54) is 11.1 Å². The van der Waals surface area contributed by atoms with E-state index in [-0.39, 0.29) is 24.5 Å². The Labute approximate surface area is 204 Å². The molecular weight excluding hydrogens is 422 g/mol. The number of benzene rings is 3. The quantitative estimate of drug-likeness (QED) is 0.303. The molecule has 0 aliphatic heterocycles.